The van der Waals surface area contributed by atoms with Gasteiger partial charge in [0.15, 0.2) is 17.6 Å². The molecule has 1 fully saturated rings. The quantitative estimate of drug-likeness (QED) is 0.653. The Morgan fingerprint density at radius 1 is 1.32 bits per heavy atom. The van der Waals surface area contributed by atoms with Crippen LogP contribution >= 0.6 is 11.3 Å². The second-order valence-electron chi connectivity index (χ2n) is 6.74. The van der Waals surface area contributed by atoms with Crippen LogP contribution in [0, 0.1) is 5.92 Å². The fraction of sp³-hybridized carbons (Fsp3) is 0.333. The Balaban J connectivity index is 1.45. The van der Waals surface area contributed by atoms with Crippen molar-refractivity contribution in [2.24, 2.45) is 5.92 Å². The van der Waals surface area contributed by atoms with Crippen LogP contribution in [0.2, 0.25) is 0 Å². The van der Waals surface area contributed by atoms with E-state index in [9.17, 15) is 4.79 Å². The highest BCUT2D eigenvalue weighted by Gasteiger charge is 2.24. The van der Waals surface area contributed by atoms with Gasteiger partial charge in [-0.25, -0.2) is 0 Å². The second-order valence-corrected chi connectivity index (χ2v) is 7.85. The highest BCUT2D eigenvalue weighted by molar-refractivity contribution is 7.15. The Hall–Kier alpha value is -2.48. The number of amides is 1. The van der Waals surface area contributed by atoms with Crippen LogP contribution in [0.5, 0.6) is 0 Å². The molecule has 1 saturated heterocycles. The van der Waals surface area contributed by atoms with Gasteiger partial charge in [-0.15, -0.1) is 11.3 Å². The third kappa shape index (κ3) is 4.16. The Morgan fingerprint density at radius 2 is 2.18 bits per heavy atom. The monoisotopic (exact) mass is 398 g/mol. The third-order valence-electron chi connectivity index (χ3n) is 4.77. The van der Waals surface area contributed by atoms with E-state index in [1.165, 1.54) is 0 Å². The molecule has 6 nitrogen and oxygen atoms in total. The van der Waals surface area contributed by atoms with Crippen molar-refractivity contribution in [3.63, 3.8) is 0 Å². The summed E-state index contributed by atoms with van der Waals surface area (Å²) in [5.41, 5.74) is 1.41. The molecule has 1 N–H and O–H groups in total. The fourth-order valence-electron chi connectivity index (χ4n) is 3.22. The molecule has 0 bridgehead atoms. The largest absolute Gasteiger partial charge is 0.381 e. The van der Waals surface area contributed by atoms with E-state index in [1.54, 1.807) is 24.5 Å². The molecule has 2 atom stereocenters. The van der Waals surface area contributed by atoms with Crippen molar-refractivity contribution in [3.05, 3.63) is 64.9 Å². The van der Waals surface area contributed by atoms with Gasteiger partial charge in [0.1, 0.15) is 0 Å². The first-order chi connectivity index (χ1) is 13.7. The van der Waals surface area contributed by atoms with E-state index in [1.807, 2.05) is 24.3 Å². The SMILES string of the molecule is COC(c1cc(C(=O)NCC2CCOC2)no1)c1ccc(-c2ccccc2)s1. The number of aromatic nitrogens is 1. The molecule has 2 unspecified atom stereocenters. The van der Waals surface area contributed by atoms with Crippen molar-refractivity contribution >= 4 is 17.2 Å². The molecule has 1 amide bonds. The van der Waals surface area contributed by atoms with E-state index in [4.69, 9.17) is 14.0 Å². The number of hydrogen-bond acceptors (Lipinski definition) is 6. The fourth-order valence-corrected chi connectivity index (χ4v) is 4.32. The molecule has 1 aliphatic heterocycles. The molecule has 2 aromatic heterocycles. The van der Waals surface area contributed by atoms with Crippen molar-refractivity contribution in [1.29, 1.82) is 0 Å². The Bertz CT molecular complexity index is 915. The summed E-state index contributed by atoms with van der Waals surface area (Å²) in [7, 11) is 1.62. The highest BCUT2D eigenvalue weighted by atomic mass is 32.1. The third-order valence-corrected chi connectivity index (χ3v) is 5.95. The predicted molar refractivity (Wildman–Crippen MR) is 106 cm³/mol. The molecule has 7 heteroatoms. The summed E-state index contributed by atoms with van der Waals surface area (Å²) in [5.74, 6) is 0.635. The number of hydrogen-bond donors (Lipinski definition) is 1. The first kappa shape index (κ1) is 18.9. The zero-order valence-corrected chi connectivity index (χ0v) is 16.4. The van der Waals surface area contributed by atoms with Gasteiger partial charge >= 0.3 is 0 Å². The zero-order chi connectivity index (χ0) is 19.3. The van der Waals surface area contributed by atoms with Crippen molar-refractivity contribution in [1.82, 2.24) is 10.5 Å². The molecule has 0 radical (unpaired) electrons. The summed E-state index contributed by atoms with van der Waals surface area (Å²) in [6.07, 6.45) is 0.567. The molecule has 0 aliphatic carbocycles. The molecule has 3 aromatic rings. The van der Waals surface area contributed by atoms with Gasteiger partial charge in [0, 0.05) is 42.0 Å². The molecular weight excluding hydrogens is 376 g/mol. The van der Waals surface area contributed by atoms with Crippen LogP contribution in [0.25, 0.3) is 10.4 Å². The van der Waals surface area contributed by atoms with Gasteiger partial charge < -0.3 is 19.3 Å². The van der Waals surface area contributed by atoms with E-state index in [0.717, 1.165) is 28.3 Å². The van der Waals surface area contributed by atoms with Gasteiger partial charge in [0.2, 0.25) is 0 Å². The number of ether oxygens (including phenoxy) is 2. The van der Waals surface area contributed by atoms with Gasteiger partial charge in [0.25, 0.3) is 5.91 Å². The van der Waals surface area contributed by atoms with Gasteiger partial charge in [-0.2, -0.15) is 0 Å². The lowest BCUT2D eigenvalue weighted by molar-refractivity contribution is 0.0933. The summed E-state index contributed by atoms with van der Waals surface area (Å²) in [5, 5.41) is 6.82. The smallest absolute Gasteiger partial charge is 0.273 e. The van der Waals surface area contributed by atoms with E-state index in [0.29, 0.717) is 24.8 Å². The van der Waals surface area contributed by atoms with Crippen LogP contribution in [0.3, 0.4) is 0 Å². The summed E-state index contributed by atoms with van der Waals surface area (Å²) in [6, 6.07) is 15.9. The maximum Gasteiger partial charge on any atom is 0.273 e. The van der Waals surface area contributed by atoms with Crippen LogP contribution in [0.15, 0.2) is 53.1 Å². The zero-order valence-electron chi connectivity index (χ0n) is 15.6. The summed E-state index contributed by atoms with van der Waals surface area (Å²) >= 11 is 1.63. The van der Waals surface area contributed by atoms with E-state index in [2.05, 4.69) is 28.7 Å². The van der Waals surface area contributed by atoms with Gasteiger partial charge in [0.05, 0.1) is 6.61 Å². The lowest BCUT2D eigenvalue weighted by atomic mass is 10.1. The lowest BCUT2D eigenvalue weighted by Crippen LogP contribution is -2.29. The average Bonchev–Trinajstić information content (AvgIpc) is 3.49. The molecule has 1 aliphatic rings. The van der Waals surface area contributed by atoms with E-state index in [-0.39, 0.29) is 11.6 Å². The van der Waals surface area contributed by atoms with Crippen LogP contribution in [0.4, 0.5) is 0 Å². The van der Waals surface area contributed by atoms with Gasteiger partial charge in [-0.3, -0.25) is 4.79 Å². The molecule has 28 heavy (non-hydrogen) atoms. The molecular formula is C21H22N2O4S. The Kier molecular flexibility index (Phi) is 5.85. The van der Waals surface area contributed by atoms with Crippen molar-refractivity contribution in [2.45, 2.75) is 12.5 Å². The molecule has 0 spiro atoms. The summed E-state index contributed by atoms with van der Waals surface area (Å²) < 4.78 is 16.4. The number of methoxy groups -OCH3 is 1. The van der Waals surface area contributed by atoms with Gasteiger partial charge in [-0.05, 0) is 24.1 Å². The molecule has 0 saturated carbocycles. The Labute approximate surface area is 167 Å². The van der Waals surface area contributed by atoms with E-state index >= 15 is 0 Å². The summed E-state index contributed by atoms with van der Waals surface area (Å²) in [4.78, 5) is 14.5. The maximum atomic E-state index is 12.3. The number of nitrogens with one attached hydrogen (secondary N) is 1. The Morgan fingerprint density at radius 3 is 2.93 bits per heavy atom. The van der Waals surface area contributed by atoms with Crippen molar-refractivity contribution in [3.8, 4) is 10.4 Å². The molecule has 1 aromatic carbocycles. The van der Waals surface area contributed by atoms with Gasteiger partial charge in [-0.1, -0.05) is 35.5 Å². The standard InChI is InChI=1S/C21H22N2O4S/c1-25-20(19-8-7-18(28-19)15-5-3-2-4-6-15)17-11-16(23-27-17)21(24)22-12-14-9-10-26-13-14/h2-8,11,14,20H,9-10,12-13H2,1H3,(H,22,24). The highest BCUT2D eigenvalue weighted by Crippen LogP contribution is 2.35. The second kappa shape index (κ2) is 8.68. The average molecular weight is 398 g/mol. The normalized spacial score (nSPS) is 17.5. The minimum absolute atomic E-state index is 0.243. The molecule has 4 rings (SSSR count). The minimum Gasteiger partial charge on any atom is -0.381 e. The minimum atomic E-state index is -0.403. The maximum absolute atomic E-state index is 12.3. The number of thiophene rings is 1. The van der Waals surface area contributed by atoms with Crippen LogP contribution in [-0.2, 0) is 9.47 Å². The summed E-state index contributed by atoms with van der Waals surface area (Å²) in [6.45, 7) is 2.04. The van der Waals surface area contributed by atoms with Crippen LogP contribution < -0.4 is 5.32 Å². The van der Waals surface area contributed by atoms with Crippen LogP contribution in [0.1, 0.15) is 33.7 Å². The number of nitrogens with zero attached hydrogens (tertiary/aromatic N) is 1. The van der Waals surface area contributed by atoms with Crippen molar-refractivity contribution < 1.29 is 18.8 Å². The number of benzene rings is 1. The number of carbonyl (C=O) groups excluding carboxylic acids is 1. The number of carbonyl (C=O) groups is 1. The van der Waals surface area contributed by atoms with E-state index < -0.39 is 6.10 Å². The first-order valence-electron chi connectivity index (χ1n) is 9.25. The molecule has 146 valence electrons. The lowest BCUT2D eigenvalue weighted by Gasteiger charge is -2.09. The number of rotatable bonds is 7. The predicted octanol–water partition coefficient (Wildman–Crippen LogP) is 3.91. The topological polar surface area (TPSA) is 73.6 Å². The first-order valence-corrected chi connectivity index (χ1v) is 10.1. The van der Waals surface area contributed by atoms with Crippen molar-refractivity contribution in [2.75, 3.05) is 26.9 Å². The van der Waals surface area contributed by atoms with Crippen LogP contribution in [-0.4, -0.2) is 37.9 Å². The molecule has 3 heterocycles.